The molecular formula is C16H22N2O2. The van der Waals surface area contributed by atoms with E-state index in [1.54, 1.807) is 0 Å². The first-order chi connectivity index (χ1) is 9.71. The van der Waals surface area contributed by atoms with Gasteiger partial charge in [-0.15, -0.1) is 0 Å². The summed E-state index contributed by atoms with van der Waals surface area (Å²) in [5.74, 6) is 0.0705. The molecule has 4 nitrogen and oxygen atoms in total. The Bertz CT molecular complexity index is 456. The molecule has 0 bridgehead atoms. The average molecular weight is 274 g/mol. The lowest BCUT2D eigenvalue weighted by Crippen LogP contribution is -2.40. The maximum atomic E-state index is 12.0. The smallest absolute Gasteiger partial charge is 0.238 e. The highest BCUT2D eigenvalue weighted by Gasteiger charge is 2.20. The van der Waals surface area contributed by atoms with Crippen molar-refractivity contribution in [2.24, 2.45) is 5.92 Å². The number of amides is 1. The van der Waals surface area contributed by atoms with Gasteiger partial charge in [0, 0.05) is 18.2 Å². The second-order valence-electron chi connectivity index (χ2n) is 5.37. The summed E-state index contributed by atoms with van der Waals surface area (Å²) in [6, 6.07) is 7.92. The molecule has 1 aliphatic heterocycles. The van der Waals surface area contributed by atoms with E-state index in [9.17, 15) is 9.59 Å². The number of carbonyl (C=O) groups is 2. The summed E-state index contributed by atoms with van der Waals surface area (Å²) in [4.78, 5) is 24.9. The van der Waals surface area contributed by atoms with E-state index in [1.165, 1.54) is 5.56 Å². The van der Waals surface area contributed by atoms with Crippen molar-refractivity contribution < 1.29 is 9.59 Å². The lowest BCUT2D eigenvalue weighted by atomic mass is 10.00. The van der Waals surface area contributed by atoms with Crippen LogP contribution in [0.2, 0.25) is 0 Å². The molecule has 2 rings (SSSR count). The number of nitrogens with one attached hydrogen (secondary N) is 1. The second-order valence-corrected chi connectivity index (χ2v) is 5.37. The van der Waals surface area contributed by atoms with E-state index in [0.29, 0.717) is 13.1 Å². The molecule has 1 amide bonds. The summed E-state index contributed by atoms with van der Waals surface area (Å²) < 4.78 is 0. The largest absolute Gasteiger partial charge is 0.325 e. The number of nitrogens with zero attached hydrogens (tertiary/aromatic N) is 1. The summed E-state index contributed by atoms with van der Waals surface area (Å²) in [5.41, 5.74) is 2.09. The summed E-state index contributed by atoms with van der Waals surface area (Å²) in [7, 11) is 0. The summed E-state index contributed by atoms with van der Waals surface area (Å²) in [6.07, 6.45) is 3.94. The van der Waals surface area contributed by atoms with E-state index in [0.717, 1.165) is 37.8 Å². The first-order valence-electron chi connectivity index (χ1n) is 7.27. The third-order valence-corrected chi connectivity index (χ3v) is 3.75. The van der Waals surface area contributed by atoms with Crippen LogP contribution in [-0.2, 0) is 16.0 Å². The van der Waals surface area contributed by atoms with Gasteiger partial charge in [0.15, 0.2) is 0 Å². The van der Waals surface area contributed by atoms with Gasteiger partial charge < -0.3 is 10.1 Å². The molecule has 0 radical (unpaired) electrons. The Morgan fingerprint density at radius 1 is 1.40 bits per heavy atom. The number of hydrogen-bond donors (Lipinski definition) is 1. The van der Waals surface area contributed by atoms with Crippen molar-refractivity contribution in [3.8, 4) is 0 Å². The molecule has 1 saturated heterocycles. The zero-order valence-electron chi connectivity index (χ0n) is 12.0. The van der Waals surface area contributed by atoms with Crippen LogP contribution in [0.25, 0.3) is 0 Å². The van der Waals surface area contributed by atoms with Crippen molar-refractivity contribution in [1.29, 1.82) is 0 Å². The monoisotopic (exact) mass is 274 g/mol. The normalized spacial score (nSPS) is 19.6. The zero-order valence-corrected chi connectivity index (χ0v) is 12.0. The number of carbonyl (C=O) groups excluding carboxylic acids is 2. The first kappa shape index (κ1) is 14.7. The fourth-order valence-corrected chi connectivity index (χ4v) is 2.57. The van der Waals surface area contributed by atoms with Gasteiger partial charge in [-0.25, -0.2) is 0 Å². The summed E-state index contributed by atoms with van der Waals surface area (Å²) >= 11 is 0. The maximum Gasteiger partial charge on any atom is 0.238 e. The quantitative estimate of drug-likeness (QED) is 0.837. The molecule has 0 aliphatic carbocycles. The molecule has 0 saturated carbocycles. The average Bonchev–Trinajstić information content (AvgIpc) is 2.48. The molecule has 1 N–H and O–H groups in total. The van der Waals surface area contributed by atoms with Crippen LogP contribution in [0.1, 0.15) is 25.3 Å². The topological polar surface area (TPSA) is 49.4 Å². The Morgan fingerprint density at radius 2 is 2.15 bits per heavy atom. The standard InChI is InChI=1S/C16H22N2O2/c1-2-13-5-7-15(8-6-13)17-16(20)11-18-9-3-4-14(10-18)12-19/h5-8,12,14H,2-4,9-11H2,1H3,(H,17,20). The molecule has 4 heteroatoms. The Morgan fingerprint density at radius 3 is 2.80 bits per heavy atom. The van der Waals surface area contributed by atoms with Gasteiger partial charge in [0.05, 0.1) is 6.54 Å². The van der Waals surface area contributed by atoms with Crippen molar-refractivity contribution in [2.45, 2.75) is 26.2 Å². The molecule has 1 aliphatic rings. The Labute approximate surface area is 120 Å². The fourth-order valence-electron chi connectivity index (χ4n) is 2.57. The van der Waals surface area contributed by atoms with Gasteiger partial charge in [0.25, 0.3) is 0 Å². The lowest BCUT2D eigenvalue weighted by molar-refractivity contribution is -0.119. The van der Waals surface area contributed by atoms with Gasteiger partial charge in [-0.2, -0.15) is 0 Å². The molecule has 1 unspecified atom stereocenters. The van der Waals surface area contributed by atoms with Gasteiger partial charge in [0.1, 0.15) is 6.29 Å². The van der Waals surface area contributed by atoms with E-state index in [4.69, 9.17) is 0 Å². The van der Waals surface area contributed by atoms with E-state index >= 15 is 0 Å². The van der Waals surface area contributed by atoms with Gasteiger partial charge >= 0.3 is 0 Å². The molecule has 108 valence electrons. The number of aldehydes is 1. The van der Waals surface area contributed by atoms with Crippen LogP contribution in [0.4, 0.5) is 5.69 Å². The van der Waals surface area contributed by atoms with Gasteiger partial charge in [-0.3, -0.25) is 9.69 Å². The molecule has 20 heavy (non-hydrogen) atoms. The number of anilines is 1. The number of rotatable bonds is 5. The van der Waals surface area contributed by atoms with Crippen molar-refractivity contribution >= 4 is 17.9 Å². The van der Waals surface area contributed by atoms with Crippen LogP contribution < -0.4 is 5.32 Å². The lowest BCUT2D eigenvalue weighted by Gasteiger charge is -2.29. The van der Waals surface area contributed by atoms with E-state index in [-0.39, 0.29) is 11.8 Å². The van der Waals surface area contributed by atoms with Crippen molar-refractivity contribution in [3.63, 3.8) is 0 Å². The van der Waals surface area contributed by atoms with Crippen LogP contribution in [-0.4, -0.2) is 36.7 Å². The molecule has 0 spiro atoms. The van der Waals surface area contributed by atoms with Crippen LogP contribution >= 0.6 is 0 Å². The SMILES string of the molecule is CCc1ccc(NC(=O)CN2CCCC(C=O)C2)cc1. The highest BCUT2D eigenvalue weighted by Crippen LogP contribution is 2.14. The number of benzene rings is 1. The van der Waals surface area contributed by atoms with Crippen LogP contribution in [0.15, 0.2) is 24.3 Å². The molecule has 0 aromatic heterocycles. The zero-order chi connectivity index (χ0) is 14.4. The number of likely N-dealkylation sites (tertiary alicyclic amines) is 1. The first-order valence-corrected chi connectivity index (χ1v) is 7.27. The van der Waals surface area contributed by atoms with Crippen LogP contribution in [0.3, 0.4) is 0 Å². The Hall–Kier alpha value is -1.68. The molecular weight excluding hydrogens is 252 g/mol. The van der Waals surface area contributed by atoms with Crippen molar-refractivity contribution in [1.82, 2.24) is 4.90 Å². The predicted molar refractivity (Wildman–Crippen MR) is 79.7 cm³/mol. The fraction of sp³-hybridized carbons (Fsp3) is 0.500. The molecule has 1 aromatic rings. The molecule has 1 fully saturated rings. The van der Waals surface area contributed by atoms with Crippen molar-refractivity contribution in [3.05, 3.63) is 29.8 Å². The summed E-state index contributed by atoms with van der Waals surface area (Å²) in [6.45, 7) is 4.06. The minimum Gasteiger partial charge on any atom is -0.325 e. The molecule has 1 heterocycles. The number of hydrogen-bond acceptors (Lipinski definition) is 3. The van der Waals surface area contributed by atoms with E-state index in [2.05, 4.69) is 17.1 Å². The van der Waals surface area contributed by atoms with Crippen molar-refractivity contribution in [2.75, 3.05) is 25.0 Å². The molecule has 1 atom stereocenters. The third kappa shape index (κ3) is 4.17. The Kier molecular flexibility index (Phi) is 5.30. The Balaban J connectivity index is 1.83. The van der Waals surface area contributed by atoms with E-state index < -0.39 is 0 Å². The maximum absolute atomic E-state index is 12.0. The van der Waals surface area contributed by atoms with Gasteiger partial charge in [-0.05, 0) is 43.5 Å². The van der Waals surface area contributed by atoms with Gasteiger partial charge in [-0.1, -0.05) is 19.1 Å². The van der Waals surface area contributed by atoms with Crippen LogP contribution in [0.5, 0.6) is 0 Å². The minimum atomic E-state index is -0.0132. The predicted octanol–water partition coefficient (Wildman–Crippen LogP) is 2.10. The van der Waals surface area contributed by atoms with E-state index in [1.807, 2.05) is 24.3 Å². The highest BCUT2D eigenvalue weighted by molar-refractivity contribution is 5.92. The van der Waals surface area contributed by atoms with Gasteiger partial charge in [0.2, 0.25) is 5.91 Å². The molecule has 1 aromatic carbocycles. The third-order valence-electron chi connectivity index (χ3n) is 3.75. The summed E-state index contributed by atoms with van der Waals surface area (Å²) in [5, 5.41) is 2.90. The number of piperidine rings is 1. The van der Waals surface area contributed by atoms with Crippen LogP contribution in [0, 0.1) is 5.92 Å². The minimum absolute atomic E-state index is 0.0132. The highest BCUT2D eigenvalue weighted by atomic mass is 16.2. The second kappa shape index (κ2) is 7.20. The number of aryl methyl sites for hydroxylation is 1.